The van der Waals surface area contributed by atoms with Crippen molar-refractivity contribution in [2.24, 2.45) is 0 Å². The highest BCUT2D eigenvalue weighted by atomic mass is 79.9. The summed E-state index contributed by atoms with van der Waals surface area (Å²) >= 11 is 14.8. The Morgan fingerprint density at radius 1 is 1.16 bits per heavy atom. The van der Waals surface area contributed by atoms with Crippen LogP contribution in [0.2, 0.25) is 10.3 Å². The van der Waals surface area contributed by atoms with Crippen LogP contribution < -0.4 is 4.90 Å². The highest BCUT2D eigenvalue weighted by molar-refractivity contribution is 9.10. The monoisotopic (exact) mass is 364 g/mol. The number of nitrogens with zero attached hydrogens (tertiary/aromatic N) is 4. The lowest BCUT2D eigenvalue weighted by molar-refractivity contribution is 0.629. The minimum absolute atomic E-state index is 0.00728. The summed E-state index contributed by atoms with van der Waals surface area (Å²) in [4.78, 5) is 13.6. The topological polar surface area (TPSA) is 41.9 Å². The van der Waals surface area contributed by atoms with E-state index in [9.17, 15) is 4.39 Å². The average molecular weight is 366 g/mol. The van der Waals surface area contributed by atoms with E-state index in [1.807, 2.05) is 0 Å². The maximum atomic E-state index is 14.1. The summed E-state index contributed by atoms with van der Waals surface area (Å²) in [5, 5.41) is -0.0346. The highest BCUT2D eigenvalue weighted by Gasteiger charge is 2.16. The minimum Gasteiger partial charge on any atom is -0.347 e. The van der Waals surface area contributed by atoms with Gasteiger partial charge < -0.3 is 4.90 Å². The van der Waals surface area contributed by atoms with Crippen molar-refractivity contribution < 1.29 is 4.39 Å². The molecule has 8 heteroatoms. The molecule has 0 aliphatic heterocycles. The molecular formula is C11H8BrCl2FN4. The molecule has 0 saturated carbocycles. The molecule has 0 fully saturated rings. The summed E-state index contributed by atoms with van der Waals surface area (Å²) in [6, 6.07) is 3.14. The second-order valence-electron chi connectivity index (χ2n) is 3.85. The van der Waals surface area contributed by atoms with Crippen molar-refractivity contribution in [2.45, 2.75) is 0 Å². The zero-order valence-electron chi connectivity index (χ0n) is 9.96. The molecule has 0 bridgehead atoms. The lowest BCUT2D eigenvalue weighted by atomic mass is 10.2. The third-order valence-electron chi connectivity index (χ3n) is 2.27. The normalized spacial score (nSPS) is 10.6. The summed E-state index contributed by atoms with van der Waals surface area (Å²) in [7, 11) is 3.50. The molecule has 1 heterocycles. The van der Waals surface area contributed by atoms with E-state index >= 15 is 0 Å². The van der Waals surface area contributed by atoms with E-state index in [0.29, 0.717) is 10.4 Å². The van der Waals surface area contributed by atoms with Gasteiger partial charge in [0.05, 0.1) is 10.6 Å². The minimum atomic E-state index is -0.608. The molecule has 1 aromatic carbocycles. The van der Waals surface area contributed by atoms with E-state index in [1.54, 1.807) is 25.1 Å². The number of hydrogen-bond acceptors (Lipinski definition) is 4. The van der Waals surface area contributed by atoms with E-state index in [2.05, 4.69) is 30.9 Å². The summed E-state index contributed by atoms with van der Waals surface area (Å²) in [6.07, 6.45) is 0. The Balaban J connectivity index is 2.62. The average Bonchev–Trinajstić information content (AvgIpc) is 2.35. The van der Waals surface area contributed by atoms with Crippen LogP contribution in [0.5, 0.6) is 0 Å². The van der Waals surface area contributed by atoms with Crippen molar-refractivity contribution in [3.8, 4) is 11.4 Å². The molecule has 0 N–H and O–H groups in total. The Labute approximate surface area is 127 Å². The molecule has 2 rings (SSSR count). The van der Waals surface area contributed by atoms with E-state index in [4.69, 9.17) is 23.2 Å². The smallest absolute Gasteiger partial charge is 0.229 e. The predicted octanol–water partition coefficient (Wildman–Crippen LogP) is 3.81. The van der Waals surface area contributed by atoms with Crippen LogP contribution in [0.25, 0.3) is 11.4 Å². The van der Waals surface area contributed by atoms with Gasteiger partial charge in [-0.3, -0.25) is 0 Å². The fraction of sp³-hybridized carbons (Fsp3) is 0.182. The van der Waals surface area contributed by atoms with E-state index in [0.717, 1.165) is 0 Å². The molecule has 0 saturated heterocycles. The van der Waals surface area contributed by atoms with Crippen LogP contribution in [-0.2, 0) is 0 Å². The lowest BCUT2D eigenvalue weighted by Crippen LogP contribution is -2.14. The van der Waals surface area contributed by atoms with E-state index in [-0.39, 0.29) is 21.7 Å². The number of halogens is 4. The second kappa shape index (κ2) is 5.56. The largest absolute Gasteiger partial charge is 0.347 e. The third-order valence-corrected chi connectivity index (χ3v) is 3.70. The molecule has 100 valence electrons. The van der Waals surface area contributed by atoms with Gasteiger partial charge in [0.1, 0.15) is 0 Å². The third kappa shape index (κ3) is 2.96. The molecule has 0 spiro atoms. The lowest BCUT2D eigenvalue weighted by Gasteiger charge is -2.11. The van der Waals surface area contributed by atoms with Gasteiger partial charge in [0.2, 0.25) is 11.2 Å². The van der Waals surface area contributed by atoms with Gasteiger partial charge in [-0.15, -0.1) is 0 Å². The Morgan fingerprint density at radius 3 is 2.47 bits per heavy atom. The van der Waals surface area contributed by atoms with Gasteiger partial charge in [-0.2, -0.15) is 15.0 Å². The molecule has 0 atom stereocenters. The maximum absolute atomic E-state index is 14.1. The number of benzene rings is 1. The first-order valence-corrected chi connectivity index (χ1v) is 6.68. The maximum Gasteiger partial charge on any atom is 0.229 e. The summed E-state index contributed by atoms with van der Waals surface area (Å²) < 4.78 is 14.6. The first kappa shape index (κ1) is 14.4. The van der Waals surface area contributed by atoms with Crippen LogP contribution in [-0.4, -0.2) is 29.0 Å². The Hall–Kier alpha value is -0.980. The van der Waals surface area contributed by atoms with E-state index in [1.165, 1.54) is 6.07 Å². The number of hydrogen-bond donors (Lipinski definition) is 0. The van der Waals surface area contributed by atoms with Gasteiger partial charge in [0, 0.05) is 18.6 Å². The molecule has 19 heavy (non-hydrogen) atoms. The van der Waals surface area contributed by atoms with Crippen molar-refractivity contribution >= 4 is 45.1 Å². The standard InChI is InChI=1S/C11H8BrCl2FN4/c1-19(2)11-17-9(16-10(14)18-11)5-3-4-6(12)7(13)8(5)15/h3-4H,1-2H3. The quantitative estimate of drug-likeness (QED) is 0.759. The molecule has 0 aliphatic rings. The number of anilines is 1. The van der Waals surface area contributed by atoms with Crippen molar-refractivity contribution in [2.75, 3.05) is 19.0 Å². The second-order valence-corrected chi connectivity index (χ2v) is 5.42. The number of rotatable bonds is 2. The summed E-state index contributed by atoms with van der Waals surface area (Å²) in [6.45, 7) is 0. The first-order valence-electron chi connectivity index (χ1n) is 5.13. The summed E-state index contributed by atoms with van der Waals surface area (Å²) in [5.41, 5.74) is 0.167. The Kier molecular flexibility index (Phi) is 4.23. The highest BCUT2D eigenvalue weighted by Crippen LogP contribution is 2.32. The Morgan fingerprint density at radius 2 is 1.84 bits per heavy atom. The molecule has 0 unspecified atom stereocenters. The van der Waals surface area contributed by atoms with Crippen LogP contribution in [0.1, 0.15) is 0 Å². The summed E-state index contributed by atoms with van der Waals surface area (Å²) in [5.74, 6) is -0.132. The van der Waals surface area contributed by atoms with E-state index < -0.39 is 5.82 Å². The molecule has 0 amide bonds. The van der Waals surface area contributed by atoms with Crippen LogP contribution >= 0.6 is 39.1 Å². The first-order chi connectivity index (χ1) is 8.90. The molecular weight excluding hydrogens is 358 g/mol. The molecule has 2 aromatic rings. The van der Waals surface area contributed by atoms with Crippen LogP contribution in [0.3, 0.4) is 0 Å². The zero-order valence-corrected chi connectivity index (χ0v) is 13.1. The van der Waals surface area contributed by atoms with Gasteiger partial charge in [-0.05, 0) is 39.7 Å². The van der Waals surface area contributed by atoms with Crippen LogP contribution in [0.4, 0.5) is 10.3 Å². The molecule has 0 radical (unpaired) electrons. The Bertz CT molecular complexity index is 636. The molecule has 0 aliphatic carbocycles. The zero-order chi connectivity index (χ0) is 14.2. The van der Waals surface area contributed by atoms with Gasteiger partial charge in [-0.25, -0.2) is 4.39 Å². The fourth-order valence-corrected chi connectivity index (χ4v) is 1.99. The molecule has 4 nitrogen and oxygen atoms in total. The SMILES string of the molecule is CN(C)c1nc(Cl)nc(-c2ccc(Br)c(Cl)c2F)n1. The van der Waals surface area contributed by atoms with Crippen LogP contribution in [0.15, 0.2) is 16.6 Å². The van der Waals surface area contributed by atoms with Crippen molar-refractivity contribution in [3.05, 3.63) is 32.7 Å². The number of aromatic nitrogens is 3. The fourth-order valence-electron chi connectivity index (χ4n) is 1.36. The van der Waals surface area contributed by atoms with Crippen LogP contribution in [0, 0.1) is 5.82 Å². The van der Waals surface area contributed by atoms with Gasteiger partial charge in [0.15, 0.2) is 11.6 Å². The molecule has 1 aromatic heterocycles. The van der Waals surface area contributed by atoms with Crippen molar-refractivity contribution in [1.29, 1.82) is 0 Å². The predicted molar refractivity (Wildman–Crippen MR) is 77.3 cm³/mol. The van der Waals surface area contributed by atoms with Crippen molar-refractivity contribution in [3.63, 3.8) is 0 Å². The van der Waals surface area contributed by atoms with Gasteiger partial charge in [-0.1, -0.05) is 11.6 Å². The van der Waals surface area contributed by atoms with Crippen molar-refractivity contribution in [1.82, 2.24) is 15.0 Å². The van der Waals surface area contributed by atoms with Gasteiger partial charge >= 0.3 is 0 Å². The van der Waals surface area contributed by atoms with Gasteiger partial charge in [0.25, 0.3) is 0 Å².